The second-order valence-corrected chi connectivity index (χ2v) is 4.79. The molecule has 1 fully saturated rings. The standard InChI is InChI=1S/C15H19N2O4/c1-2-20-15(19)13-9-6-10-17(11-13)21-16-14(18)12-7-4-3-5-8-12/h4-5,7-8,13H,2,6,9-11H2,1H3,(H,16,18). The van der Waals surface area contributed by atoms with Crippen molar-refractivity contribution in [2.45, 2.75) is 19.8 Å². The third-order valence-electron chi connectivity index (χ3n) is 3.25. The number of piperidine rings is 1. The summed E-state index contributed by atoms with van der Waals surface area (Å²) in [5, 5.41) is 1.58. The highest BCUT2D eigenvalue weighted by atomic mass is 16.8. The molecule has 1 N–H and O–H groups in total. The molecule has 0 aliphatic carbocycles. The molecule has 6 heteroatoms. The second-order valence-electron chi connectivity index (χ2n) is 4.79. The van der Waals surface area contributed by atoms with E-state index in [4.69, 9.17) is 9.68 Å². The molecule has 1 amide bonds. The lowest BCUT2D eigenvalue weighted by atomic mass is 10.00. The molecule has 6 nitrogen and oxygen atoms in total. The zero-order chi connectivity index (χ0) is 15.1. The molecule has 1 aliphatic heterocycles. The van der Waals surface area contributed by atoms with Crippen LogP contribution in [-0.2, 0) is 14.5 Å². The van der Waals surface area contributed by atoms with E-state index in [2.05, 4.69) is 11.5 Å². The zero-order valence-corrected chi connectivity index (χ0v) is 12.0. The van der Waals surface area contributed by atoms with Crippen LogP contribution in [0.2, 0.25) is 0 Å². The molecule has 1 aromatic rings. The number of nitrogens with zero attached hydrogens (tertiary/aromatic N) is 1. The lowest BCUT2D eigenvalue weighted by Crippen LogP contribution is -2.43. The molecule has 21 heavy (non-hydrogen) atoms. The first kappa shape index (κ1) is 15.5. The number of esters is 1. The van der Waals surface area contributed by atoms with E-state index < -0.39 is 0 Å². The molecule has 0 spiro atoms. The first-order valence-corrected chi connectivity index (χ1v) is 7.05. The van der Waals surface area contributed by atoms with Crippen LogP contribution in [-0.4, -0.2) is 36.6 Å². The van der Waals surface area contributed by atoms with Gasteiger partial charge in [-0.25, -0.2) is 5.48 Å². The van der Waals surface area contributed by atoms with Gasteiger partial charge in [0, 0.05) is 18.7 Å². The summed E-state index contributed by atoms with van der Waals surface area (Å²) in [7, 11) is 0. The quantitative estimate of drug-likeness (QED) is 0.655. The number of nitrogens with one attached hydrogen (secondary N) is 1. The summed E-state index contributed by atoms with van der Waals surface area (Å²) in [5.41, 5.74) is 2.87. The Labute approximate surface area is 123 Å². The van der Waals surface area contributed by atoms with Gasteiger partial charge in [0.1, 0.15) is 0 Å². The van der Waals surface area contributed by atoms with Gasteiger partial charge in [0.25, 0.3) is 5.91 Å². The fraction of sp³-hybridized carbons (Fsp3) is 0.467. The number of hydrogen-bond donors (Lipinski definition) is 1. The fourth-order valence-corrected chi connectivity index (χ4v) is 2.18. The Hall–Kier alpha value is -1.92. The van der Waals surface area contributed by atoms with E-state index in [0.29, 0.717) is 25.3 Å². The van der Waals surface area contributed by atoms with E-state index in [9.17, 15) is 9.59 Å². The van der Waals surface area contributed by atoms with E-state index in [1.165, 1.54) is 0 Å². The number of amides is 1. The molecule has 0 saturated carbocycles. The molecule has 1 unspecified atom stereocenters. The Morgan fingerprint density at radius 2 is 2.19 bits per heavy atom. The van der Waals surface area contributed by atoms with Crippen LogP contribution < -0.4 is 5.48 Å². The molecule has 1 aliphatic rings. The van der Waals surface area contributed by atoms with E-state index in [-0.39, 0.29) is 17.8 Å². The maximum Gasteiger partial charge on any atom is 0.310 e. The van der Waals surface area contributed by atoms with Crippen LogP contribution in [0, 0.1) is 12.0 Å². The molecule has 1 saturated heterocycles. The predicted molar refractivity (Wildman–Crippen MR) is 74.8 cm³/mol. The zero-order valence-electron chi connectivity index (χ0n) is 12.0. The monoisotopic (exact) mass is 291 g/mol. The summed E-state index contributed by atoms with van der Waals surface area (Å²) in [4.78, 5) is 28.8. The van der Waals surface area contributed by atoms with Crippen LogP contribution in [0.5, 0.6) is 0 Å². The van der Waals surface area contributed by atoms with Crippen molar-refractivity contribution >= 4 is 11.9 Å². The van der Waals surface area contributed by atoms with Gasteiger partial charge in [-0.1, -0.05) is 12.1 Å². The van der Waals surface area contributed by atoms with Gasteiger partial charge in [-0.3, -0.25) is 9.59 Å². The van der Waals surface area contributed by atoms with Crippen molar-refractivity contribution in [3.63, 3.8) is 0 Å². The average Bonchev–Trinajstić information content (AvgIpc) is 2.54. The largest absolute Gasteiger partial charge is 0.466 e. The van der Waals surface area contributed by atoms with Crippen molar-refractivity contribution in [2.24, 2.45) is 5.92 Å². The summed E-state index contributed by atoms with van der Waals surface area (Å²) in [6.07, 6.45) is 1.60. The molecule has 0 aromatic heterocycles. The molecule has 1 atom stereocenters. The lowest BCUT2D eigenvalue weighted by molar-refractivity contribution is -0.215. The van der Waals surface area contributed by atoms with E-state index >= 15 is 0 Å². The SMILES string of the molecule is CCOC(=O)C1CCCN(ONC(=O)c2cc[c]cc2)C1. The van der Waals surface area contributed by atoms with Gasteiger partial charge >= 0.3 is 5.97 Å². The maximum atomic E-state index is 11.8. The fourth-order valence-electron chi connectivity index (χ4n) is 2.18. The van der Waals surface area contributed by atoms with Gasteiger partial charge in [0.05, 0.1) is 12.5 Å². The first-order valence-electron chi connectivity index (χ1n) is 7.05. The van der Waals surface area contributed by atoms with Crippen LogP contribution in [0.1, 0.15) is 30.1 Å². The maximum absolute atomic E-state index is 11.8. The Morgan fingerprint density at radius 1 is 1.43 bits per heavy atom. The highest BCUT2D eigenvalue weighted by Gasteiger charge is 2.28. The van der Waals surface area contributed by atoms with Crippen LogP contribution in [0.25, 0.3) is 0 Å². The van der Waals surface area contributed by atoms with Crippen LogP contribution in [0.3, 0.4) is 0 Å². The van der Waals surface area contributed by atoms with Crippen molar-refractivity contribution in [3.05, 3.63) is 35.9 Å². The van der Waals surface area contributed by atoms with E-state index in [0.717, 1.165) is 12.8 Å². The number of carbonyl (C=O) groups is 2. The molecule has 1 radical (unpaired) electrons. The van der Waals surface area contributed by atoms with Crippen molar-refractivity contribution < 1.29 is 19.3 Å². The Morgan fingerprint density at radius 3 is 2.90 bits per heavy atom. The number of ether oxygens (including phenoxy) is 1. The normalized spacial score (nSPS) is 19.0. The highest BCUT2D eigenvalue weighted by Crippen LogP contribution is 2.17. The number of benzene rings is 1. The van der Waals surface area contributed by atoms with Gasteiger partial charge in [-0.2, -0.15) is 10.0 Å². The van der Waals surface area contributed by atoms with E-state index in [1.54, 1.807) is 36.3 Å². The first-order chi connectivity index (χ1) is 10.2. The number of hydroxylamine groups is 3. The lowest BCUT2D eigenvalue weighted by Gasteiger charge is -2.29. The highest BCUT2D eigenvalue weighted by molar-refractivity contribution is 5.93. The minimum absolute atomic E-state index is 0.207. The van der Waals surface area contributed by atoms with Crippen LogP contribution >= 0.6 is 0 Å². The Bertz CT molecular complexity index is 478. The molecular weight excluding hydrogens is 272 g/mol. The van der Waals surface area contributed by atoms with Crippen molar-refractivity contribution in [2.75, 3.05) is 19.7 Å². The third-order valence-corrected chi connectivity index (χ3v) is 3.25. The minimum atomic E-state index is -0.331. The summed E-state index contributed by atoms with van der Waals surface area (Å²) in [6.45, 7) is 3.24. The van der Waals surface area contributed by atoms with Crippen LogP contribution in [0.15, 0.2) is 24.3 Å². The van der Waals surface area contributed by atoms with E-state index in [1.807, 2.05) is 0 Å². The summed E-state index contributed by atoms with van der Waals surface area (Å²) >= 11 is 0. The van der Waals surface area contributed by atoms with Crippen molar-refractivity contribution in [1.82, 2.24) is 10.5 Å². The van der Waals surface area contributed by atoms with Gasteiger partial charge in [0.15, 0.2) is 0 Å². The summed E-state index contributed by atoms with van der Waals surface area (Å²) < 4.78 is 5.01. The molecular formula is C15H19N2O4. The average molecular weight is 291 g/mol. The number of hydrogen-bond acceptors (Lipinski definition) is 5. The summed E-state index contributed by atoms with van der Waals surface area (Å²) in [6, 6.07) is 9.46. The summed E-state index contributed by atoms with van der Waals surface area (Å²) in [5.74, 6) is -0.750. The second kappa shape index (κ2) is 7.75. The predicted octanol–water partition coefficient (Wildman–Crippen LogP) is 1.34. The molecule has 1 aromatic carbocycles. The van der Waals surface area contributed by atoms with Gasteiger partial charge in [-0.15, -0.1) is 0 Å². The smallest absolute Gasteiger partial charge is 0.310 e. The molecule has 2 rings (SSSR count). The van der Waals surface area contributed by atoms with Crippen LogP contribution in [0.4, 0.5) is 0 Å². The Kier molecular flexibility index (Phi) is 5.71. The number of carbonyl (C=O) groups excluding carboxylic acids is 2. The van der Waals surface area contributed by atoms with Crippen molar-refractivity contribution in [3.8, 4) is 0 Å². The third kappa shape index (κ3) is 4.54. The Balaban J connectivity index is 1.80. The van der Waals surface area contributed by atoms with Gasteiger partial charge in [-0.05, 0) is 38.0 Å². The molecule has 113 valence electrons. The molecule has 0 bridgehead atoms. The number of rotatable bonds is 5. The molecule has 1 heterocycles. The minimum Gasteiger partial charge on any atom is -0.466 e. The van der Waals surface area contributed by atoms with Crippen molar-refractivity contribution in [1.29, 1.82) is 0 Å². The van der Waals surface area contributed by atoms with Gasteiger partial charge < -0.3 is 4.74 Å². The topological polar surface area (TPSA) is 67.9 Å². The van der Waals surface area contributed by atoms with Gasteiger partial charge in [0.2, 0.25) is 0 Å².